The SMILES string of the molecule is OCC(O)CN1CCc2cc3c(cc2C1)OCO3. The smallest absolute Gasteiger partial charge is 0.231 e. The number of β-amino-alcohol motifs (C(OH)–C–C–N with tert-alkyl or cyclic N) is 1. The van der Waals surface area contributed by atoms with Crippen LogP contribution in [0.5, 0.6) is 11.5 Å². The highest BCUT2D eigenvalue weighted by Crippen LogP contribution is 2.36. The summed E-state index contributed by atoms with van der Waals surface area (Å²) in [5.41, 5.74) is 2.50. The lowest BCUT2D eigenvalue weighted by Crippen LogP contribution is -2.37. The fourth-order valence-corrected chi connectivity index (χ4v) is 2.52. The normalized spacial score (nSPS) is 19.7. The molecule has 1 atom stereocenters. The Morgan fingerprint density at radius 1 is 1.22 bits per heavy atom. The Labute approximate surface area is 106 Å². The van der Waals surface area contributed by atoms with Crippen LogP contribution in [0.3, 0.4) is 0 Å². The van der Waals surface area contributed by atoms with Gasteiger partial charge in [-0.1, -0.05) is 0 Å². The average molecular weight is 251 g/mol. The monoisotopic (exact) mass is 251 g/mol. The molecule has 98 valence electrons. The maximum absolute atomic E-state index is 9.48. The number of benzene rings is 1. The Morgan fingerprint density at radius 2 is 1.94 bits per heavy atom. The van der Waals surface area contributed by atoms with Crippen molar-refractivity contribution in [3.8, 4) is 11.5 Å². The van der Waals surface area contributed by atoms with Crippen molar-refractivity contribution in [2.45, 2.75) is 19.1 Å². The third-order valence-electron chi connectivity index (χ3n) is 3.47. The fraction of sp³-hybridized carbons (Fsp3) is 0.538. The molecule has 0 amide bonds. The number of aliphatic hydroxyl groups excluding tert-OH is 2. The van der Waals surface area contributed by atoms with Gasteiger partial charge < -0.3 is 19.7 Å². The highest BCUT2D eigenvalue weighted by atomic mass is 16.7. The summed E-state index contributed by atoms with van der Waals surface area (Å²) in [7, 11) is 0. The van der Waals surface area contributed by atoms with Gasteiger partial charge in [-0.05, 0) is 29.7 Å². The van der Waals surface area contributed by atoms with E-state index in [4.69, 9.17) is 14.6 Å². The van der Waals surface area contributed by atoms with E-state index >= 15 is 0 Å². The summed E-state index contributed by atoms with van der Waals surface area (Å²) in [5, 5.41) is 18.4. The molecule has 0 aromatic heterocycles. The average Bonchev–Trinajstić information content (AvgIpc) is 2.82. The molecule has 1 unspecified atom stereocenters. The number of ether oxygens (including phenoxy) is 2. The minimum atomic E-state index is -0.666. The Hall–Kier alpha value is -1.30. The molecule has 1 aromatic rings. The second-order valence-corrected chi connectivity index (χ2v) is 4.80. The number of fused-ring (bicyclic) bond motifs is 2. The summed E-state index contributed by atoms with van der Waals surface area (Å²) >= 11 is 0. The van der Waals surface area contributed by atoms with Gasteiger partial charge in [-0.3, -0.25) is 4.90 Å². The first-order valence-electron chi connectivity index (χ1n) is 6.19. The van der Waals surface area contributed by atoms with E-state index in [1.165, 1.54) is 11.1 Å². The van der Waals surface area contributed by atoms with Crippen LogP contribution in [0.15, 0.2) is 12.1 Å². The van der Waals surface area contributed by atoms with Gasteiger partial charge in [0.05, 0.1) is 12.7 Å². The van der Waals surface area contributed by atoms with E-state index in [1.807, 2.05) is 6.07 Å². The molecule has 2 aliphatic rings. The van der Waals surface area contributed by atoms with Gasteiger partial charge in [-0.2, -0.15) is 0 Å². The minimum absolute atomic E-state index is 0.190. The topological polar surface area (TPSA) is 62.2 Å². The van der Waals surface area contributed by atoms with Crippen LogP contribution in [0, 0.1) is 0 Å². The van der Waals surface area contributed by atoms with E-state index in [0.29, 0.717) is 13.3 Å². The molecular formula is C13H17NO4. The lowest BCUT2D eigenvalue weighted by atomic mass is 9.98. The molecule has 2 heterocycles. The Morgan fingerprint density at radius 3 is 2.67 bits per heavy atom. The molecular weight excluding hydrogens is 234 g/mol. The first-order valence-corrected chi connectivity index (χ1v) is 6.19. The van der Waals surface area contributed by atoms with Crippen LogP contribution in [-0.2, 0) is 13.0 Å². The highest BCUT2D eigenvalue weighted by molar-refractivity contribution is 5.49. The number of hydrogen-bond donors (Lipinski definition) is 2. The quantitative estimate of drug-likeness (QED) is 0.799. The van der Waals surface area contributed by atoms with Gasteiger partial charge in [0.25, 0.3) is 0 Å². The van der Waals surface area contributed by atoms with Gasteiger partial charge in [0.15, 0.2) is 11.5 Å². The predicted octanol–water partition coefficient (Wildman–Crippen LogP) is 0.127. The van der Waals surface area contributed by atoms with Crippen molar-refractivity contribution in [2.24, 2.45) is 0 Å². The lowest BCUT2D eigenvalue weighted by Gasteiger charge is -2.30. The molecule has 0 fully saturated rings. The Balaban J connectivity index is 1.76. The second kappa shape index (κ2) is 4.76. The van der Waals surface area contributed by atoms with Crippen molar-refractivity contribution >= 4 is 0 Å². The molecule has 3 rings (SSSR count). The minimum Gasteiger partial charge on any atom is -0.454 e. The van der Waals surface area contributed by atoms with Gasteiger partial charge >= 0.3 is 0 Å². The van der Waals surface area contributed by atoms with Crippen LogP contribution in [0.25, 0.3) is 0 Å². The first kappa shape index (κ1) is 11.8. The first-order chi connectivity index (χ1) is 8.76. The summed E-state index contributed by atoms with van der Waals surface area (Å²) < 4.78 is 10.7. The predicted molar refractivity (Wildman–Crippen MR) is 64.6 cm³/mol. The van der Waals surface area contributed by atoms with Crippen LogP contribution in [0.1, 0.15) is 11.1 Å². The zero-order chi connectivity index (χ0) is 12.5. The van der Waals surface area contributed by atoms with Crippen molar-refractivity contribution in [1.29, 1.82) is 0 Å². The van der Waals surface area contributed by atoms with E-state index in [0.717, 1.165) is 31.0 Å². The maximum Gasteiger partial charge on any atom is 0.231 e. The van der Waals surface area contributed by atoms with Gasteiger partial charge in [-0.15, -0.1) is 0 Å². The summed E-state index contributed by atoms with van der Waals surface area (Å²) in [5.74, 6) is 1.64. The third-order valence-corrected chi connectivity index (χ3v) is 3.47. The second-order valence-electron chi connectivity index (χ2n) is 4.80. The molecule has 2 aliphatic heterocycles. The molecule has 0 spiro atoms. The molecule has 0 saturated carbocycles. The van der Waals surface area contributed by atoms with Crippen molar-refractivity contribution in [1.82, 2.24) is 4.90 Å². The third kappa shape index (κ3) is 2.16. The van der Waals surface area contributed by atoms with Gasteiger partial charge in [-0.25, -0.2) is 0 Å². The number of rotatable bonds is 3. The molecule has 1 aromatic carbocycles. The maximum atomic E-state index is 9.48. The van der Waals surface area contributed by atoms with Crippen LogP contribution in [0.2, 0.25) is 0 Å². The zero-order valence-electron chi connectivity index (χ0n) is 10.1. The van der Waals surface area contributed by atoms with Crippen LogP contribution in [0.4, 0.5) is 0 Å². The molecule has 5 heteroatoms. The fourth-order valence-electron chi connectivity index (χ4n) is 2.52. The summed E-state index contributed by atoms with van der Waals surface area (Å²) in [6, 6.07) is 4.08. The van der Waals surface area contributed by atoms with Crippen LogP contribution < -0.4 is 9.47 Å². The summed E-state index contributed by atoms with van der Waals surface area (Å²) in [4.78, 5) is 2.14. The van der Waals surface area contributed by atoms with E-state index in [1.54, 1.807) is 0 Å². The standard InChI is InChI=1S/C13H17NO4/c15-7-11(16)6-14-2-1-9-3-12-13(18-8-17-12)4-10(9)5-14/h3-4,11,15-16H,1-2,5-8H2. The highest BCUT2D eigenvalue weighted by Gasteiger charge is 2.23. The zero-order valence-corrected chi connectivity index (χ0v) is 10.1. The number of aliphatic hydroxyl groups is 2. The van der Waals surface area contributed by atoms with Gasteiger partial charge in [0.2, 0.25) is 6.79 Å². The van der Waals surface area contributed by atoms with Crippen LogP contribution in [-0.4, -0.2) is 47.7 Å². The largest absolute Gasteiger partial charge is 0.454 e. The molecule has 0 saturated heterocycles. The molecule has 18 heavy (non-hydrogen) atoms. The van der Waals surface area contributed by atoms with Crippen molar-refractivity contribution in [3.05, 3.63) is 23.3 Å². The van der Waals surface area contributed by atoms with E-state index in [2.05, 4.69) is 11.0 Å². The van der Waals surface area contributed by atoms with Gasteiger partial charge in [0, 0.05) is 19.6 Å². The van der Waals surface area contributed by atoms with Crippen molar-refractivity contribution < 1.29 is 19.7 Å². The molecule has 5 nitrogen and oxygen atoms in total. The van der Waals surface area contributed by atoms with E-state index < -0.39 is 6.10 Å². The number of nitrogens with zero attached hydrogens (tertiary/aromatic N) is 1. The van der Waals surface area contributed by atoms with E-state index in [-0.39, 0.29) is 6.61 Å². The van der Waals surface area contributed by atoms with Crippen molar-refractivity contribution in [2.75, 3.05) is 26.5 Å². The molecule has 0 aliphatic carbocycles. The molecule has 0 bridgehead atoms. The number of hydrogen-bond acceptors (Lipinski definition) is 5. The lowest BCUT2D eigenvalue weighted by molar-refractivity contribution is 0.0551. The van der Waals surface area contributed by atoms with Gasteiger partial charge in [0.1, 0.15) is 0 Å². The van der Waals surface area contributed by atoms with Crippen molar-refractivity contribution in [3.63, 3.8) is 0 Å². The Bertz CT molecular complexity index is 449. The molecule has 0 radical (unpaired) electrons. The van der Waals surface area contributed by atoms with E-state index in [9.17, 15) is 5.11 Å². The Kier molecular flexibility index (Phi) is 3.11. The summed E-state index contributed by atoms with van der Waals surface area (Å²) in [6.45, 7) is 2.28. The molecule has 2 N–H and O–H groups in total. The summed E-state index contributed by atoms with van der Waals surface area (Å²) in [6.07, 6.45) is 0.268. The van der Waals surface area contributed by atoms with Crippen LogP contribution >= 0.6 is 0 Å².